The van der Waals surface area contributed by atoms with Gasteiger partial charge in [0, 0.05) is 36.7 Å². The normalized spacial score (nSPS) is 28.1. The summed E-state index contributed by atoms with van der Waals surface area (Å²) in [6, 6.07) is 0. The number of hydrogen-bond acceptors (Lipinski definition) is 3. The van der Waals surface area contributed by atoms with Crippen molar-refractivity contribution in [2.45, 2.75) is 50.3 Å². The van der Waals surface area contributed by atoms with Gasteiger partial charge in [0.05, 0.1) is 0 Å². The van der Waals surface area contributed by atoms with Gasteiger partial charge in [-0.1, -0.05) is 6.42 Å². The number of rotatable bonds is 3. The van der Waals surface area contributed by atoms with Crippen molar-refractivity contribution in [2.24, 2.45) is 5.92 Å². The third-order valence-electron chi connectivity index (χ3n) is 4.22. The first kappa shape index (κ1) is 12.5. The molecular formula is C14H22N2OS. The van der Waals surface area contributed by atoms with E-state index in [9.17, 15) is 5.11 Å². The molecule has 0 bridgehead atoms. The molecule has 1 fully saturated rings. The second-order valence-corrected chi connectivity index (χ2v) is 6.96. The average molecular weight is 266 g/mol. The van der Waals surface area contributed by atoms with E-state index in [-0.39, 0.29) is 0 Å². The van der Waals surface area contributed by atoms with E-state index in [0.29, 0.717) is 12.5 Å². The van der Waals surface area contributed by atoms with Crippen LogP contribution in [0.3, 0.4) is 0 Å². The predicted octanol–water partition coefficient (Wildman–Crippen LogP) is 2.27. The quantitative estimate of drug-likeness (QED) is 0.912. The molecule has 0 saturated carbocycles. The number of aliphatic hydroxyl groups is 1. The molecule has 18 heavy (non-hydrogen) atoms. The fraction of sp³-hybridized carbons (Fsp3) is 0.786. The van der Waals surface area contributed by atoms with Crippen LogP contribution in [0.15, 0.2) is 6.20 Å². The molecule has 4 heteroatoms. The number of imidazole rings is 1. The zero-order chi connectivity index (χ0) is 12.4. The second kappa shape index (κ2) is 5.66. The lowest BCUT2D eigenvalue weighted by atomic mass is 9.97. The zero-order valence-electron chi connectivity index (χ0n) is 10.8. The highest BCUT2D eigenvalue weighted by Crippen LogP contribution is 2.29. The third kappa shape index (κ3) is 2.59. The van der Waals surface area contributed by atoms with Gasteiger partial charge in [0.1, 0.15) is 5.82 Å². The predicted molar refractivity (Wildman–Crippen MR) is 74.9 cm³/mol. The lowest BCUT2D eigenvalue weighted by Gasteiger charge is -2.25. The zero-order valence-corrected chi connectivity index (χ0v) is 11.7. The Morgan fingerprint density at radius 1 is 1.39 bits per heavy atom. The summed E-state index contributed by atoms with van der Waals surface area (Å²) in [4.78, 5) is 4.63. The van der Waals surface area contributed by atoms with Gasteiger partial charge in [0.25, 0.3) is 0 Å². The van der Waals surface area contributed by atoms with Crippen LogP contribution in [0.4, 0.5) is 0 Å². The molecule has 2 unspecified atom stereocenters. The van der Waals surface area contributed by atoms with Gasteiger partial charge in [-0.3, -0.25) is 0 Å². The van der Waals surface area contributed by atoms with Gasteiger partial charge in [0.15, 0.2) is 0 Å². The lowest BCUT2D eigenvalue weighted by molar-refractivity contribution is 0.200. The molecule has 1 aromatic heterocycles. The summed E-state index contributed by atoms with van der Waals surface area (Å²) in [5.74, 6) is 3.05. The van der Waals surface area contributed by atoms with Crippen molar-refractivity contribution >= 4 is 11.8 Å². The minimum atomic E-state index is 0.318. The Morgan fingerprint density at radius 2 is 2.33 bits per heavy atom. The van der Waals surface area contributed by atoms with Gasteiger partial charge < -0.3 is 9.67 Å². The van der Waals surface area contributed by atoms with Crippen LogP contribution in [0, 0.1) is 5.92 Å². The van der Waals surface area contributed by atoms with E-state index in [1.54, 1.807) is 0 Å². The molecule has 0 spiro atoms. The van der Waals surface area contributed by atoms with Crippen LogP contribution in [0.2, 0.25) is 0 Å². The first-order valence-electron chi connectivity index (χ1n) is 7.12. The summed E-state index contributed by atoms with van der Waals surface area (Å²) >= 11 is 2.12. The topological polar surface area (TPSA) is 38.0 Å². The first-order valence-corrected chi connectivity index (χ1v) is 8.17. The van der Waals surface area contributed by atoms with Crippen LogP contribution in [-0.4, -0.2) is 32.3 Å². The smallest absolute Gasteiger partial charge is 0.109 e. The summed E-state index contributed by atoms with van der Waals surface area (Å²) in [5.41, 5.74) is 1.33. The number of thioether (sulfide) groups is 1. The fourth-order valence-corrected chi connectivity index (χ4v) is 4.39. The Morgan fingerprint density at radius 3 is 3.11 bits per heavy atom. The summed E-state index contributed by atoms with van der Waals surface area (Å²) in [6.45, 7) is 1.37. The number of fused-ring (bicyclic) bond motifs is 1. The molecule has 0 radical (unpaired) electrons. The van der Waals surface area contributed by atoms with Gasteiger partial charge in [-0.15, -0.1) is 0 Å². The van der Waals surface area contributed by atoms with Gasteiger partial charge in [-0.2, -0.15) is 11.8 Å². The highest BCUT2D eigenvalue weighted by atomic mass is 32.2. The third-order valence-corrected chi connectivity index (χ3v) is 5.62. The van der Waals surface area contributed by atoms with Crippen LogP contribution in [-0.2, 0) is 19.4 Å². The summed E-state index contributed by atoms with van der Waals surface area (Å²) in [6.07, 6.45) is 9.40. The van der Waals surface area contributed by atoms with E-state index in [1.807, 2.05) is 6.20 Å². The van der Waals surface area contributed by atoms with Crippen molar-refractivity contribution in [1.29, 1.82) is 0 Å². The lowest BCUT2D eigenvalue weighted by Crippen LogP contribution is -2.24. The van der Waals surface area contributed by atoms with Crippen molar-refractivity contribution in [2.75, 3.05) is 12.4 Å². The summed E-state index contributed by atoms with van der Waals surface area (Å²) in [5, 5.41) is 10.0. The summed E-state index contributed by atoms with van der Waals surface area (Å²) < 4.78 is 2.40. The number of aromatic nitrogens is 2. The number of nitrogens with zero attached hydrogens (tertiary/aromatic N) is 2. The molecule has 3 rings (SSSR count). The largest absolute Gasteiger partial charge is 0.396 e. The van der Waals surface area contributed by atoms with Crippen molar-refractivity contribution < 1.29 is 5.11 Å². The van der Waals surface area contributed by atoms with Gasteiger partial charge in [0.2, 0.25) is 0 Å². The Kier molecular flexibility index (Phi) is 3.94. The number of hydrogen-bond donors (Lipinski definition) is 1. The molecule has 3 heterocycles. The van der Waals surface area contributed by atoms with Crippen LogP contribution in [0.1, 0.15) is 37.2 Å². The minimum Gasteiger partial charge on any atom is -0.396 e. The maximum atomic E-state index is 9.25. The van der Waals surface area contributed by atoms with E-state index in [2.05, 4.69) is 21.3 Å². The highest BCUT2D eigenvalue weighted by molar-refractivity contribution is 7.99. The molecule has 1 aromatic rings. The second-order valence-electron chi connectivity index (χ2n) is 5.55. The maximum absolute atomic E-state index is 9.25. The van der Waals surface area contributed by atoms with Crippen LogP contribution in [0.25, 0.3) is 0 Å². The molecule has 100 valence electrons. The van der Waals surface area contributed by atoms with Crippen molar-refractivity contribution in [3.63, 3.8) is 0 Å². The van der Waals surface area contributed by atoms with E-state index in [1.165, 1.54) is 36.5 Å². The van der Waals surface area contributed by atoms with Gasteiger partial charge in [-0.25, -0.2) is 4.98 Å². The molecule has 0 aliphatic carbocycles. The molecule has 2 aliphatic heterocycles. The molecule has 0 amide bonds. The molecular weight excluding hydrogens is 244 g/mol. The van der Waals surface area contributed by atoms with Crippen molar-refractivity contribution in [1.82, 2.24) is 9.55 Å². The molecule has 2 atom stereocenters. The number of aliphatic hydroxyl groups excluding tert-OH is 1. The minimum absolute atomic E-state index is 0.318. The van der Waals surface area contributed by atoms with Crippen molar-refractivity contribution in [3.8, 4) is 0 Å². The average Bonchev–Trinajstić information content (AvgIpc) is 2.82. The first-order chi connectivity index (χ1) is 8.86. The van der Waals surface area contributed by atoms with Crippen LogP contribution in [0.5, 0.6) is 0 Å². The van der Waals surface area contributed by atoms with Crippen LogP contribution >= 0.6 is 11.8 Å². The van der Waals surface area contributed by atoms with E-state index >= 15 is 0 Å². The Labute approximate surface area is 113 Å². The molecule has 0 aromatic carbocycles. The maximum Gasteiger partial charge on any atom is 0.109 e. The van der Waals surface area contributed by atoms with E-state index in [4.69, 9.17) is 0 Å². The van der Waals surface area contributed by atoms with Crippen LogP contribution < -0.4 is 0 Å². The van der Waals surface area contributed by atoms with Gasteiger partial charge in [-0.05, 0) is 37.4 Å². The van der Waals surface area contributed by atoms with Gasteiger partial charge >= 0.3 is 0 Å². The monoisotopic (exact) mass is 266 g/mol. The van der Waals surface area contributed by atoms with Crippen molar-refractivity contribution in [3.05, 3.63) is 17.7 Å². The Balaban J connectivity index is 1.68. The standard InChI is InChI=1S/C14H22N2OS/c17-10-11-4-5-16-12(7-11)9-15-14(16)8-13-3-1-2-6-18-13/h9,11,13,17H,1-8,10H2. The van der Waals surface area contributed by atoms with E-state index in [0.717, 1.165) is 31.1 Å². The Hall–Kier alpha value is -0.480. The highest BCUT2D eigenvalue weighted by Gasteiger charge is 2.23. The molecule has 1 N–H and O–H groups in total. The summed E-state index contributed by atoms with van der Waals surface area (Å²) in [7, 11) is 0. The SMILES string of the molecule is OCC1CCn2c(cnc2CC2CCCCS2)C1. The molecule has 1 saturated heterocycles. The molecule has 3 nitrogen and oxygen atoms in total. The fourth-order valence-electron chi connectivity index (χ4n) is 3.09. The van der Waals surface area contributed by atoms with E-state index < -0.39 is 0 Å². The molecule has 2 aliphatic rings. The Bertz CT molecular complexity index is 398.